The van der Waals surface area contributed by atoms with Crippen LogP contribution in [-0.4, -0.2) is 10.7 Å². The van der Waals surface area contributed by atoms with E-state index in [1.54, 1.807) is 0 Å². The number of fused-ring (bicyclic) bond motifs is 1. The third-order valence-electron chi connectivity index (χ3n) is 3.60. The standard InChI is InChI=1S/C10H18O/c1-7(2)9-8-5-3-4-6-10(8,9)11/h7-9,11H,3-6H2,1-2H3/t8-,9-,10+/m0/s1. The average molecular weight is 154 g/mol. The van der Waals surface area contributed by atoms with Gasteiger partial charge in [0.25, 0.3) is 0 Å². The van der Waals surface area contributed by atoms with Gasteiger partial charge in [0.05, 0.1) is 5.60 Å². The SMILES string of the molecule is CC(C)[C@H]1[C@@H]2CCCC[C@@]21O. The maximum atomic E-state index is 10.1. The number of rotatable bonds is 1. The topological polar surface area (TPSA) is 20.2 Å². The van der Waals surface area contributed by atoms with E-state index in [2.05, 4.69) is 13.8 Å². The molecule has 0 heterocycles. The zero-order chi connectivity index (χ0) is 8.06. The summed E-state index contributed by atoms with van der Waals surface area (Å²) in [4.78, 5) is 0. The zero-order valence-electron chi connectivity index (χ0n) is 7.51. The van der Waals surface area contributed by atoms with E-state index in [1.807, 2.05) is 0 Å². The van der Waals surface area contributed by atoms with Crippen LogP contribution in [0.4, 0.5) is 0 Å². The first kappa shape index (κ1) is 7.60. The molecule has 2 fully saturated rings. The summed E-state index contributed by atoms with van der Waals surface area (Å²) >= 11 is 0. The van der Waals surface area contributed by atoms with Crippen molar-refractivity contribution in [3.63, 3.8) is 0 Å². The van der Waals surface area contributed by atoms with Crippen molar-refractivity contribution in [2.45, 2.75) is 45.1 Å². The fraction of sp³-hybridized carbons (Fsp3) is 1.00. The Labute approximate surface area is 68.8 Å². The summed E-state index contributed by atoms with van der Waals surface area (Å²) in [5.41, 5.74) is -0.216. The lowest BCUT2D eigenvalue weighted by Gasteiger charge is -2.15. The van der Waals surface area contributed by atoms with Crippen LogP contribution in [-0.2, 0) is 0 Å². The highest BCUT2D eigenvalue weighted by Crippen LogP contribution is 2.61. The van der Waals surface area contributed by atoms with Gasteiger partial charge in [0.2, 0.25) is 0 Å². The van der Waals surface area contributed by atoms with Gasteiger partial charge in [-0.15, -0.1) is 0 Å². The smallest absolute Gasteiger partial charge is 0.0713 e. The Balaban J connectivity index is 2.07. The van der Waals surface area contributed by atoms with Gasteiger partial charge in [0, 0.05) is 0 Å². The van der Waals surface area contributed by atoms with E-state index in [0.29, 0.717) is 17.8 Å². The van der Waals surface area contributed by atoms with Gasteiger partial charge in [-0.3, -0.25) is 0 Å². The Morgan fingerprint density at radius 3 is 2.55 bits per heavy atom. The van der Waals surface area contributed by atoms with Crippen molar-refractivity contribution in [2.75, 3.05) is 0 Å². The van der Waals surface area contributed by atoms with E-state index in [-0.39, 0.29) is 5.60 Å². The van der Waals surface area contributed by atoms with Crippen LogP contribution in [0.2, 0.25) is 0 Å². The van der Waals surface area contributed by atoms with Crippen molar-refractivity contribution in [1.29, 1.82) is 0 Å². The molecule has 0 spiro atoms. The molecule has 0 bridgehead atoms. The normalized spacial score (nSPS) is 49.1. The molecule has 1 nitrogen and oxygen atoms in total. The first-order chi connectivity index (χ1) is 5.16. The summed E-state index contributed by atoms with van der Waals surface area (Å²) in [5, 5.41) is 10.1. The Kier molecular flexibility index (Phi) is 1.54. The second-order valence-electron chi connectivity index (χ2n) is 4.61. The molecule has 0 unspecified atom stereocenters. The molecule has 0 radical (unpaired) electrons. The van der Waals surface area contributed by atoms with Gasteiger partial charge < -0.3 is 5.11 Å². The van der Waals surface area contributed by atoms with E-state index in [9.17, 15) is 5.11 Å². The van der Waals surface area contributed by atoms with Gasteiger partial charge in [0.15, 0.2) is 0 Å². The first-order valence-electron chi connectivity index (χ1n) is 4.88. The molecule has 2 rings (SSSR count). The molecule has 11 heavy (non-hydrogen) atoms. The molecule has 2 aliphatic carbocycles. The molecule has 0 saturated heterocycles. The van der Waals surface area contributed by atoms with E-state index < -0.39 is 0 Å². The van der Waals surface area contributed by atoms with Gasteiger partial charge in [-0.25, -0.2) is 0 Å². The Hall–Kier alpha value is -0.0400. The Morgan fingerprint density at radius 2 is 2.09 bits per heavy atom. The Bertz CT molecular complexity index is 164. The fourth-order valence-electron chi connectivity index (χ4n) is 3.13. The largest absolute Gasteiger partial charge is 0.389 e. The minimum Gasteiger partial charge on any atom is -0.389 e. The number of aliphatic hydroxyl groups is 1. The second-order valence-corrected chi connectivity index (χ2v) is 4.61. The molecule has 2 saturated carbocycles. The van der Waals surface area contributed by atoms with E-state index >= 15 is 0 Å². The summed E-state index contributed by atoms with van der Waals surface area (Å²) < 4.78 is 0. The summed E-state index contributed by atoms with van der Waals surface area (Å²) in [6.07, 6.45) is 4.94. The molecule has 0 aromatic rings. The van der Waals surface area contributed by atoms with Crippen LogP contribution in [0, 0.1) is 17.8 Å². The first-order valence-corrected chi connectivity index (χ1v) is 4.88. The monoisotopic (exact) mass is 154 g/mol. The number of hydrogen-bond acceptors (Lipinski definition) is 1. The van der Waals surface area contributed by atoms with Gasteiger partial charge in [-0.05, 0) is 30.6 Å². The predicted molar refractivity (Wildman–Crippen MR) is 45.2 cm³/mol. The second kappa shape index (κ2) is 2.22. The van der Waals surface area contributed by atoms with Crippen molar-refractivity contribution in [2.24, 2.45) is 17.8 Å². The minimum atomic E-state index is -0.216. The quantitative estimate of drug-likeness (QED) is 0.614. The van der Waals surface area contributed by atoms with Crippen molar-refractivity contribution < 1.29 is 5.11 Å². The molecule has 0 aliphatic heterocycles. The third kappa shape index (κ3) is 0.936. The van der Waals surface area contributed by atoms with Crippen LogP contribution in [0.5, 0.6) is 0 Å². The van der Waals surface area contributed by atoms with Crippen molar-refractivity contribution in [3.05, 3.63) is 0 Å². The molecule has 2 aliphatic rings. The number of hydrogen-bond donors (Lipinski definition) is 1. The highest BCUT2D eigenvalue weighted by Gasteiger charge is 2.64. The molecule has 1 N–H and O–H groups in total. The third-order valence-corrected chi connectivity index (χ3v) is 3.60. The fourth-order valence-corrected chi connectivity index (χ4v) is 3.13. The maximum Gasteiger partial charge on any atom is 0.0713 e. The summed E-state index contributed by atoms with van der Waals surface area (Å²) in [6.45, 7) is 4.47. The summed E-state index contributed by atoms with van der Waals surface area (Å²) in [6, 6.07) is 0. The van der Waals surface area contributed by atoms with Crippen LogP contribution < -0.4 is 0 Å². The summed E-state index contributed by atoms with van der Waals surface area (Å²) in [7, 11) is 0. The van der Waals surface area contributed by atoms with Crippen LogP contribution in [0.25, 0.3) is 0 Å². The lowest BCUT2D eigenvalue weighted by molar-refractivity contribution is 0.0855. The minimum absolute atomic E-state index is 0.216. The molecule has 0 amide bonds. The van der Waals surface area contributed by atoms with Crippen LogP contribution in [0.15, 0.2) is 0 Å². The molecule has 64 valence electrons. The van der Waals surface area contributed by atoms with Crippen molar-refractivity contribution in [3.8, 4) is 0 Å². The molecular formula is C10H18O. The van der Waals surface area contributed by atoms with E-state index in [4.69, 9.17) is 0 Å². The predicted octanol–water partition coefficient (Wildman–Crippen LogP) is 2.19. The van der Waals surface area contributed by atoms with Crippen LogP contribution >= 0.6 is 0 Å². The molecular weight excluding hydrogens is 136 g/mol. The van der Waals surface area contributed by atoms with Gasteiger partial charge >= 0.3 is 0 Å². The lowest BCUT2D eigenvalue weighted by atomic mass is 9.98. The molecule has 3 atom stereocenters. The van der Waals surface area contributed by atoms with E-state index in [0.717, 1.165) is 6.42 Å². The van der Waals surface area contributed by atoms with Gasteiger partial charge in [-0.2, -0.15) is 0 Å². The van der Waals surface area contributed by atoms with Crippen molar-refractivity contribution >= 4 is 0 Å². The van der Waals surface area contributed by atoms with E-state index in [1.165, 1.54) is 19.3 Å². The van der Waals surface area contributed by atoms with Gasteiger partial charge in [-0.1, -0.05) is 26.7 Å². The Morgan fingerprint density at radius 1 is 1.36 bits per heavy atom. The maximum absolute atomic E-state index is 10.1. The van der Waals surface area contributed by atoms with Crippen molar-refractivity contribution in [1.82, 2.24) is 0 Å². The summed E-state index contributed by atoms with van der Waals surface area (Å²) in [5.74, 6) is 1.98. The molecule has 0 aromatic carbocycles. The molecule has 1 heteroatoms. The molecule has 0 aromatic heterocycles. The highest BCUT2D eigenvalue weighted by atomic mass is 16.3. The average Bonchev–Trinajstić information content (AvgIpc) is 2.54. The lowest BCUT2D eigenvalue weighted by Crippen LogP contribution is -2.17. The van der Waals surface area contributed by atoms with Crippen LogP contribution in [0.3, 0.4) is 0 Å². The zero-order valence-corrected chi connectivity index (χ0v) is 7.51. The van der Waals surface area contributed by atoms with Gasteiger partial charge in [0.1, 0.15) is 0 Å². The highest BCUT2D eigenvalue weighted by molar-refractivity contribution is 5.14. The van der Waals surface area contributed by atoms with Crippen LogP contribution in [0.1, 0.15) is 39.5 Å².